The molecule has 1 aromatic heterocycles. The number of aromatic nitrogens is 1. The quantitative estimate of drug-likeness (QED) is 0.837. The Morgan fingerprint density at radius 2 is 1.79 bits per heavy atom. The fraction of sp³-hybridized carbons (Fsp3) is 0.200. The summed E-state index contributed by atoms with van der Waals surface area (Å²) in [5.41, 5.74) is -1.96. The van der Waals surface area contributed by atoms with Gasteiger partial charge in [-0.15, -0.1) is 0 Å². The molecule has 0 saturated heterocycles. The molecule has 2 aromatic rings. The van der Waals surface area contributed by atoms with Crippen molar-refractivity contribution in [2.45, 2.75) is 12.3 Å². The van der Waals surface area contributed by atoms with Crippen LogP contribution in [-0.2, 0) is 6.18 Å². The summed E-state index contributed by atoms with van der Waals surface area (Å²) in [5, 5.41) is 11.9. The highest BCUT2D eigenvalue weighted by molar-refractivity contribution is 5.93. The van der Waals surface area contributed by atoms with Crippen LogP contribution in [0.4, 0.5) is 22.0 Å². The lowest BCUT2D eigenvalue weighted by molar-refractivity contribution is -0.141. The molecule has 4 nitrogen and oxygen atoms in total. The summed E-state index contributed by atoms with van der Waals surface area (Å²) < 4.78 is 64.1. The maximum Gasteiger partial charge on any atom is 0.433 e. The van der Waals surface area contributed by atoms with Gasteiger partial charge in [0.05, 0.1) is 11.1 Å². The molecule has 9 heteroatoms. The van der Waals surface area contributed by atoms with Crippen LogP contribution in [-0.4, -0.2) is 22.5 Å². The first kappa shape index (κ1) is 17.8. The molecule has 2 rings (SSSR count). The first-order chi connectivity index (χ1) is 11.2. The van der Waals surface area contributed by atoms with E-state index in [1.165, 1.54) is 0 Å². The molecule has 0 saturated carbocycles. The molecule has 1 amide bonds. The topological polar surface area (TPSA) is 62.2 Å². The van der Waals surface area contributed by atoms with Crippen LogP contribution in [0, 0.1) is 11.6 Å². The van der Waals surface area contributed by atoms with Crippen LogP contribution in [0.1, 0.15) is 27.7 Å². The maximum absolute atomic E-state index is 13.5. The lowest BCUT2D eigenvalue weighted by Gasteiger charge is -2.14. The van der Waals surface area contributed by atoms with Gasteiger partial charge in [-0.1, -0.05) is 6.07 Å². The van der Waals surface area contributed by atoms with Crippen molar-refractivity contribution < 1.29 is 31.9 Å². The van der Waals surface area contributed by atoms with Crippen LogP contribution in [0.15, 0.2) is 36.5 Å². The number of hydrogen-bond donors (Lipinski definition) is 2. The smallest absolute Gasteiger partial charge is 0.386 e. The average molecular weight is 346 g/mol. The monoisotopic (exact) mass is 346 g/mol. The molecule has 1 aromatic carbocycles. The van der Waals surface area contributed by atoms with Crippen molar-refractivity contribution in [3.63, 3.8) is 0 Å². The second-order valence-electron chi connectivity index (χ2n) is 4.79. The summed E-state index contributed by atoms with van der Waals surface area (Å²) in [6.45, 7) is -0.530. The zero-order valence-corrected chi connectivity index (χ0v) is 11.9. The summed E-state index contributed by atoms with van der Waals surface area (Å²) in [6, 6.07) is 4.54. The van der Waals surface area contributed by atoms with Gasteiger partial charge in [0.1, 0.15) is 23.4 Å². The summed E-state index contributed by atoms with van der Waals surface area (Å²) in [4.78, 5) is 14.9. The van der Waals surface area contributed by atoms with Gasteiger partial charge in [-0.3, -0.25) is 9.78 Å². The van der Waals surface area contributed by atoms with Crippen LogP contribution in [0.5, 0.6) is 0 Å². The second-order valence-corrected chi connectivity index (χ2v) is 4.79. The first-order valence-corrected chi connectivity index (χ1v) is 6.63. The van der Waals surface area contributed by atoms with Gasteiger partial charge >= 0.3 is 6.18 Å². The van der Waals surface area contributed by atoms with Crippen LogP contribution >= 0.6 is 0 Å². The van der Waals surface area contributed by atoms with E-state index < -0.39 is 47.6 Å². The predicted octanol–water partition coefficient (Wildman–Crippen LogP) is 2.84. The molecule has 0 aliphatic carbocycles. The fourth-order valence-electron chi connectivity index (χ4n) is 1.92. The first-order valence-electron chi connectivity index (χ1n) is 6.63. The van der Waals surface area contributed by atoms with E-state index in [0.717, 1.165) is 24.3 Å². The third-order valence-electron chi connectivity index (χ3n) is 3.11. The molecule has 0 aliphatic rings. The number of pyridine rings is 1. The molecule has 0 aliphatic heterocycles. The van der Waals surface area contributed by atoms with Crippen molar-refractivity contribution in [3.05, 3.63) is 65.0 Å². The summed E-state index contributed by atoms with van der Waals surface area (Å²) in [6.07, 6.45) is -5.57. The number of aliphatic hydroxyl groups excluding tert-OH is 1. The lowest BCUT2D eigenvalue weighted by Crippen LogP contribution is -2.29. The minimum absolute atomic E-state index is 0.191. The Hall–Kier alpha value is -2.55. The van der Waals surface area contributed by atoms with Crippen LogP contribution in [0.25, 0.3) is 0 Å². The molecule has 0 radical (unpaired) electrons. The van der Waals surface area contributed by atoms with Gasteiger partial charge in [-0.05, 0) is 24.3 Å². The van der Waals surface area contributed by atoms with Crippen molar-refractivity contribution in [3.8, 4) is 0 Å². The molecular formula is C15H11F5N2O2. The minimum atomic E-state index is -4.63. The van der Waals surface area contributed by atoms with E-state index in [0.29, 0.717) is 12.3 Å². The molecule has 0 bridgehead atoms. The number of carbonyl (C=O) groups excluding carboxylic acids is 1. The third kappa shape index (κ3) is 4.05. The Kier molecular flexibility index (Phi) is 5.13. The Morgan fingerprint density at radius 1 is 1.17 bits per heavy atom. The van der Waals surface area contributed by atoms with Crippen molar-refractivity contribution in [2.75, 3.05) is 6.54 Å². The van der Waals surface area contributed by atoms with Crippen LogP contribution in [0.2, 0.25) is 0 Å². The molecule has 128 valence electrons. The van der Waals surface area contributed by atoms with Gasteiger partial charge in [-0.25, -0.2) is 8.78 Å². The van der Waals surface area contributed by atoms with Gasteiger partial charge < -0.3 is 10.4 Å². The highest BCUT2D eigenvalue weighted by Crippen LogP contribution is 2.27. The minimum Gasteiger partial charge on any atom is -0.386 e. The van der Waals surface area contributed by atoms with Crippen LogP contribution < -0.4 is 5.32 Å². The summed E-state index contributed by atoms with van der Waals surface area (Å²) >= 11 is 0. The van der Waals surface area contributed by atoms with Crippen LogP contribution in [0.3, 0.4) is 0 Å². The van der Waals surface area contributed by atoms with Crippen molar-refractivity contribution in [2.24, 2.45) is 0 Å². The van der Waals surface area contributed by atoms with Gasteiger partial charge in [-0.2, -0.15) is 13.2 Å². The lowest BCUT2D eigenvalue weighted by atomic mass is 10.1. The van der Waals surface area contributed by atoms with E-state index in [1.54, 1.807) is 0 Å². The predicted molar refractivity (Wildman–Crippen MR) is 72.9 cm³/mol. The third-order valence-corrected chi connectivity index (χ3v) is 3.11. The number of nitrogens with zero attached hydrogens (tertiary/aromatic N) is 1. The number of carbonyl (C=O) groups is 1. The molecule has 1 atom stereocenters. The van der Waals surface area contributed by atoms with Gasteiger partial charge in [0, 0.05) is 12.7 Å². The molecule has 0 fully saturated rings. The number of alkyl halides is 3. The number of rotatable bonds is 4. The maximum atomic E-state index is 13.5. The molecule has 24 heavy (non-hydrogen) atoms. The van der Waals surface area contributed by atoms with E-state index >= 15 is 0 Å². The molecule has 0 spiro atoms. The molecule has 1 unspecified atom stereocenters. The highest BCUT2D eigenvalue weighted by atomic mass is 19.4. The number of benzene rings is 1. The van der Waals surface area contributed by atoms with Gasteiger partial charge in [0.15, 0.2) is 0 Å². The average Bonchev–Trinajstić information content (AvgIpc) is 2.51. The zero-order valence-electron chi connectivity index (χ0n) is 11.9. The Bertz CT molecular complexity index is 711. The molecule has 2 N–H and O–H groups in total. The standard InChI is InChI=1S/C15H11F5N2O2/c16-9-2-1-3-10(17)13(9)11(23)7-22-14(24)8-4-5-12(21-6-8)15(18,19)20/h1-6,11,23H,7H2,(H,22,24). The van der Waals surface area contributed by atoms with E-state index in [4.69, 9.17) is 0 Å². The Labute approximate surface area is 133 Å². The van der Waals surface area contributed by atoms with Gasteiger partial charge in [0.2, 0.25) is 0 Å². The second kappa shape index (κ2) is 6.91. The Morgan fingerprint density at radius 3 is 2.29 bits per heavy atom. The van der Waals surface area contributed by atoms with Crippen molar-refractivity contribution in [1.29, 1.82) is 0 Å². The number of halogens is 5. The normalized spacial score (nSPS) is 12.8. The number of aliphatic hydroxyl groups is 1. The Balaban J connectivity index is 2.03. The van der Waals surface area contributed by atoms with E-state index in [9.17, 15) is 31.9 Å². The fourth-order valence-corrected chi connectivity index (χ4v) is 1.92. The summed E-state index contributed by atoms with van der Waals surface area (Å²) in [5.74, 6) is -2.80. The molecule has 1 heterocycles. The van der Waals surface area contributed by atoms with Crippen molar-refractivity contribution >= 4 is 5.91 Å². The summed E-state index contributed by atoms with van der Waals surface area (Å²) in [7, 11) is 0. The van der Waals surface area contributed by atoms with E-state index in [1.807, 2.05) is 0 Å². The van der Waals surface area contributed by atoms with Crippen molar-refractivity contribution in [1.82, 2.24) is 10.3 Å². The largest absolute Gasteiger partial charge is 0.433 e. The van der Waals surface area contributed by atoms with E-state index in [-0.39, 0.29) is 5.56 Å². The number of hydrogen-bond acceptors (Lipinski definition) is 3. The zero-order chi connectivity index (χ0) is 17.9. The number of nitrogens with one attached hydrogen (secondary N) is 1. The SMILES string of the molecule is O=C(NCC(O)c1c(F)cccc1F)c1ccc(C(F)(F)F)nc1. The van der Waals surface area contributed by atoms with Gasteiger partial charge in [0.25, 0.3) is 5.91 Å². The number of amides is 1. The molecular weight excluding hydrogens is 335 g/mol. The highest BCUT2D eigenvalue weighted by Gasteiger charge is 2.32. The van der Waals surface area contributed by atoms with E-state index in [2.05, 4.69) is 10.3 Å².